The van der Waals surface area contributed by atoms with E-state index in [-0.39, 0.29) is 5.91 Å². The molecule has 1 aromatic carbocycles. The fourth-order valence-corrected chi connectivity index (χ4v) is 3.84. The van der Waals surface area contributed by atoms with Crippen LogP contribution in [0.15, 0.2) is 42.6 Å². The number of carbonyl (C=O) groups excluding carboxylic acids is 1. The number of rotatable bonds is 4. The third kappa shape index (κ3) is 3.43. The third-order valence-electron chi connectivity index (χ3n) is 5.14. The minimum atomic E-state index is -0.535. The van der Waals surface area contributed by atoms with Crippen molar-refractivity contribution in [3.63, 3.8) is 0 Å². The Bertz CT molecular complexity index is 777. The molecule has 0 spiro atoms. The van der Waals surface area contributed by atoms with E-state index < -0.39 is 6.10 Å². The van der Waals surface area contributed by atoms with Gasteiger partial charge in [0.15, 0.2) is 0 Å². The summed E-state index contributed by atoms with van der Waals surface area (Å²) in [5, 5.41) is 10.5. The summed E-state index contributed by atoms with van der Waals surface area (Å²) in [6.45, 7) is 3.43. The van der Waals surface area contributed by atoms with Crippen LogP contribution in [0.25, 0.3) is 0 Å². The molecule has 0 radical (unpaired) electrons. The molecule has 4 rings (SSSR count). The summed E-state index contributed by atoms with van der Waals surface area (Å²) in [4.78, 5) is 20.9. The molecule has 1 amide bonds. The van der Waals surface area contributed by atoms with Gasteiger partial charge in [0, 0.05) is 45.3 Å². The molecule has 0 bridgehead atoms. The molecule has 1 N–H and O–H groups in total. The molecule has 0 aliphatic carbocycles. The molecule has 1 atom stereocenters. The molecule has 25 heavy (non-hydrogen) atoms. The molecule has 0 saturated carbocycles. The second-order valence-corrected chi connectivity index (χ2v) is 6.91. The Balaban J connectivity index is 1.36. The van der Waals surface area contributed by atoms with Crippen LogP contribution in [-0.2, 0) is 19.4 Å². The first kappa shape index (κ1) is 16.2. The van der Waals surface area contributed by atoms with Crippen LogP contribution in [0.1, 0.15) is 27.2 Å². The quantitative estimate of drug-likeness (QED) is 0.919. The van der Waals surface area contributed by atoms with Crippen LogP contribution < -0.4 is 0 Å². The average molecular weight is 337 g/mol. The topological polar surface area (TPSA) is 56.7 Å². The summed E-state index contributed by atoms with van der Waals surface area (Å²) >= 11 is 0. The lowest BCUT2D eigenvalue weighted by Gasteiger charge is -2.33. The van der Waals surface area contributed by atoms with Crippen molar-refractivity contribution in [3.05, 3.63) is 65.0 Å². The van der Waals surface area contributed by atoms with E-state index in [9.17, 15) is 9.90 Å². The zero-order valence-corrected chi connectivity index (χ0v) is 14.3. The highest BCUT2D eigenvalue weighted by molar-refractivity contribution is 5.96. The SMILES string of the molecule is O=C1c2cccnc2CCN1C[C@H](O)CN1CCc2ccccc2C1. The van der Waals surface area contributed by atoms with Crippen LogP contribution in [-0.4, -0.2) is 58.1 Å². The Morgan fingerprint density at radius 1 is 1.04 bits per heavy atom. The number of carbonyl (C=O) groups is 1. The number of hydrogen-bond donors (Lipinski definition) is 1. The first-order valence-corrected chi connectivity index (χ1v) is 8.91. The van der Waals surface area contributed by atoms with Crippen LogP contribution in [0.2, 0.25) is 0 Å². The van der Waals surface area contributed by atoms with E-state index in [1.54, 1.807) is 17.2 Å². The first-order valence-electron chi connectivity index (χ1n) is 8.91. The number of aromatic nitrogens is 1. The Hall–Kier alpha value is -2.24. The van der Waals surface area contributed by atoms with Gasteiger partial charge < -0.3 is 10.0 Å². The van der Waals surface area contributed by atoms with Crippen LogP contribution >= 0.6 is 0 Å². The minimum Gasteiger partial charge on any atom is -0.390 e. The van der Waals surface area contributed by atoms with Gasteiger partial charge in [-0.15, -0.1) is 0 Å². The Morgan fingerprint density at radius 3 is 2.76 bits per heavy atom. The standard InChI is InChI=1S/C20H23N3O2/c24-17(13-22-10-7-15-4-1-2-5-16(15)12-22)14-23-11-8-19-18(20(23)25)6-3-9-21-19/h1-6,9,17,24H,7-8,10-14H2/t17-/m1/s1. The van der Waals surface area contributed by atoms with Crippen molar-refractivity contribution >= 4 is 5.91 Å². The molecular weight excluding hydrogens is 314 g/mol. The number of β-amino-alcohol motifs (C(OH)–C–C–N with tert-alkyl or cyclic N) is 1. The Labute approximate surface area is 147 Å². The predicted octanol–water partition coefficient (Wildman–Crippen LogP) is 1.50. The van der Waals surface area contributed by atoms with E-state index in [1.807, 2.05) is 6.07 Å². The predicted molar refractivity (Wildman–Crippen MR) is 95.3 cm³/mol. The Kier molecular flexibility index (Phi) is 4.51. The smallest absolute Gasteiger partial charge is 0.255 e. The van der Waals surface area contributed by atoms with Crippen LogP contribution in [0.3, 0.4) is 0 Å². The highest BCUT2D eigenvalue weighted by atomic mass is 16.3. The van der Waals surface area contributed by atoms with E-state index in [0.29, 0.717) is 25.2 Å². The molecule has 2 aliphatic heterocycles. The van der Waals surface area contributed by atoms with Crippen molar-refractivity contribution in [1.82, 2.24) is 14.8 Å². The molecule has 1 aromatic heterocycles. The zero-order chi connectivity index (χ0) is 17.2. The molecule has 0 fully saturated rings. The van der Waals surface area contributed by atoms with Gasteiger partial charge in [0.05, 0.1) is 17.4 Å². The highest BCUT2D eigenvalue weighted by Crippen LogP contribution is 2.20. The van der Waals surface area contributed by atoms with Crippen molar-refractivity contribution < 1.29 is 9.90 Å². The molecular formula is C20H23N3O2. The van der Waals surface area contributed by atoms with Crippen molar-refractivity contribution in [1.29, 1.82) is 0 Å². The van der Waals surface area contributed by atoms with Crippen molar-refractivity contribution in [2.24, 2.45) is 0 Å². The summed E-state index contributed by atoms with van der Waals surface area (Å²) in [7, 11) is 0. The molecule has 5 nitrogen and oxygen atoms in total. The number of aliphatic hydroxyl groups is 1. The summed E-state index contributed by atoms with van der Waals surface area (Å²) in [5.74, 6) is -0.0163. The second kappa shape index (κ2) is 6.94. The lowest BCUT2D eigenvalue weighted by atomic mass is 9.99. The molecule has 5 heteroatoms. The number of amides is 1. The summed E-state index contributed by atoms with van der Waals surface area (Å²) in [5.41, 5.74) is 4.29. The van der Waals surface area contributed by atoms with Crippen molar-refractivity contribution in [2.45, 2.75) is 25.5 Å². The van der Waals surface area contributed by atoms with Gasteiger partial charge in [-0.05, 0) is 29.7 Å². The van der Waals surface area contributed by atoms with Crippen LogP contribution in [0.4, 0.5) is 0 Å². The van der Waals surface area contributed by atoms with Gasteiger partial charge in [0.2, 0.25) is 0 Å². The number of hydrogen-bond acceptors (Lipinski definition) is 4. The van der Waals surface area contributed by atoms with E-state index in [1.165, 1.54) is 11.1 Å². The number of aliphatic hydroxyl groups excluding tert-OH is 1. The van der Waals surface area contributed by atoms with Gasteiger partial charge in [0.1, 0.15) is 0 Å². The number of benzene rings is 1. The van der Waals surface area contributed by atoms with Gasteiger partial charge in [-0.25, -0.2) is 0 Å². The summed E-state index contributed by atoms with van der Waals surface area (Å²) in [6.07, 6.45) is 2.97. The van der Waals surface area contributed by atoms with Gasteiger partial charge >= 0.3 is 0 Å². The molecule has 2 aliphatic rings. The van der Waals surface area contributed by atoms with Crippen LogP contribution in [0.5, 0.6) is 0 Å². The van der Waals surface area contributed by atoms with Gasteiger partial charge in [0.25, 0.3) is 5.91 Å². The number of nitrogens with zero attached hydrogens (tertiary/aromatic N) is 3. The average Bonchev–Trinajstić information content (AvgIpc) is 2.64. The molecule has 2 aromatic rings. The van der Waals surface area contributed by atoms with E-state index in [2.05, 4.69) is 34.1 Å². The largest absolute Gasteiger partial charge is 0.390 e. The minimum absolute atomic E-state index is 0.0163. The highest BCUT2D eigenvalue weighted by Gasteiger charge is 2.27. The van der Waals surface area contributed by atoms with Crippen LogP contribution in [0, 0.1) is 0 Å². The summed E-state index contributed by atoms with van der Waals surface area (Å²) in [6, 6.07) is 12.1. The van der Waals surface area contributed by atoms with Crippen molar-refractivity contribution in [2.75, 3.05) is 26.2 Å². The maximum Gasteiger partial charge on any atom is 0.255 e. The molecule has 0 unspecified atom stereocenters. The fraction of sp³-hybridized carbons (Fsp3) is 0.400. The lowest BCUT2D eigenvalue weighted by molar-refractivity contribution is 0.0491. The molecule has 130 valence electrons. The maximum atomic E-state index is 12.6. The number of pyridine rings is 1. The number of fused-ring (bicyclic) bond motifs is 2. The second-order valence-electron chi connectivity index (χ2n) is 6.91. The van der Waals surface area contributed by atoms with Gasteiger partial charge in [-0.2, -0.15) is 0 Å². The first-order chi connectivity index (χ1) is 12.2. The summed E-state index contributed by atoms with van der Waals surface area (Å²) < 4.78 is 0. The third-order valence-corrected chi connectivity index (χ3v) is 5.14. The Morgan fingerprint density at radius 2 is 1.88 bits per heavy atom. The maximum absolute atomic E-state index is 12.6. The van der Waals surface area contributed by atoms with Crippen molar-refractivity contribution in [3.8, 4) is 0 Å². The zero-order valence-electron chi connectivity index (χ0n) is 14.3. The monoisotopic (exact) mass is 337 g/mol. The fourth-order valence-electron chi connectivity index (χ4n) is 3.84. The molecule has 3 heterocycles. The van der Waals surface area contributed by atoms with Gasteiger partial charge in [-0.3, -0.25) is 14.7 Å². The normalized spacial score (nSPS) is 18.6. The van der Waals surface area contributed by atoms with E-state index in [0.717, 1.165) is 31.6 Å². The lowest BCUT2D eigenvalue weighted by Crippen LogP contribution is -2.46. The van der Waals surface area contributed by atoms with Gasteiger partial charge in [-0.1, -0.05) is 24.3 Å². The van der Waals surface area contributed by atoms with E-state index >= 15 is 0 Å². The van der Waals surface area contributed by atoms with E-state index in [4.69, 9.17) is 0 Å². The molecule has 0 saturated heterocycles.